The Morgan fingerprint density at radius 2 is 2.00 bits per heavy atom. The predicted molar refractivity (Wildman–Crippen MR) is 79.7 cm³/mol. The second kappa shape index (κ2) is 5.47. The Hall–Kier alpha value is -1.91. The fraction of sp³-hybridized carbons (Fsp3) is 0.562. The molecule has 1 spiro atoms. The Balaban J connectivity index is 1.58. The van der Waals surface area contributed by atoms with Crippen LogP contribution in [-0.2, 0) is 6.54 Å². The van der Waals surface area contributed by atoms with E-state index in [-0.39, 0.29) is 11.6 Å². The van der Waals surface area contributed by atoms with E-state index in [1.807, 2.05) is 23.1 Å². The highest BCUT2D eigenvalue weighted by Gasteiger charge is 2.51. The minimum atomic E-state index is 0.0516. The number of ether oxygens (including phenoxy) is 2. The molecule has 0 atom stereocenters. The third-order valence-corrected chi connectivity index (χ3v) is 4.79. The zero-order valence-electron chi connectivity index (χ0n) is 12.6. The summed E-state index contributed by atoms with van der Waals surface area (Å²) in [6.45, 7) is 1.39. The smallest absolute Gasteiger partial charge is 0.318 e. The van der Waals surface area contributed by atoms with Crippen LogP contribution >= 0.6 is 0 Å². The molecule has 1 saturated heterocycles. The highest BCUT2D eigenvalue weighted by Crippen LogP contribution is 2.46. The Kier molecular flexibility index (Phi) is 3.66. The van der Waals surface area contributed by atoms with Gasteiger partial charge in [-0.25, -0.2) is 4.79 Å². The van der Waals surface area contributed by atoms with E-state index in [1.54, 1.807) is 14.2 Å². The molecule has 5 heteroatoms. The van der Waals surface area contributed by atoms with Crippen molar-refractivity contribution in [1.29, 1.82) is 0 Å². The molecular formula is C16H22N2O3. The zero-order chi connectivity index (χ0) is 14.9. The molecule has 2 fully saturated rings. The van der Waals surface area contributed by atoms with Gasteiger partial charge in [-0.05, 0) is 43.4 Å². The van der Waals surface area contributed by atoms with Gasteiger partial charge in [0, 0.05) is 18.6 Å². The number of urea groups is 1. The van der Waals surface area contributed by atoms with E-state index in [4.69, 9.17) is 9.47 Å². The van der Waals surface area contributed by atoms with Gasteiger partial charge in [0.05, 0.1) is 14.2 Å². The number of benzene rings is 1. The van der Waals surface area contributed by atoms with E-state index in [1.165, 1.54) is 6.42 Å². The van der Waals surface area contributed by atoms with Crippen LogP contribution in [0.15, 0.2) is 18.2 Å². The number of carbonyl (C=O) groups excluding carboxylic acids is 1. The number of rotatable bonds is 4. The minimum absolute atomic E-state index is 0.0516. The molecule has 3 rings (SSSR count). The molecule has 1 aromatic carbocycles. The molecule has 1 N–H and O–H groups in total. The maximum Gasteiger partial charge on any atom is 0.318 e. The number of amides is 2. The lowest BCUT2D eigenvalue weighted by Gasteiger charge is -2.58. The molecule has 5 nitrogen and oxygen atoms in total. The van der Waals surface area contributed by atoms with Gasteiger partial charge in [0.2, 0.25) is 0 Å². The number of carbonyl (C=O) groups is 1. The Bertz CT molecular complexity index is 535. The quantitative estimate of drug-likeness (QED) is 0.927. The average Bonchev–Trinajstić information content (AvgIpc) is 2.42. The summed E-state index contributed by atoms with van der Waals surface area (Å²) in [6, 6.07) is 5.75. The van der Waals surface area contributed by atoms with Gasteiger partial charge >= 0.3 is 6.03 Å². The molecule has 114 valence electrons. The average molecular weight is 290 g/mol. The van der Waals surface area contributed by atoms with Crippen molar-refractivity contribution in [3.05, 3.63) is 23.8 Å². The van der Waals surface area contributed by atoms with Crippen LogP contribution in [0.4, 0.5) is 4.79 Å². The first kappa shape index (κ1) is 14.0. The van der Waals surface area contributed by atoms with Gasteiger partial charge in [0.1, 0.15) is 0 Å². The van der Waals surface area contributed by atoms with Crippen LogP contribution in [0.3, 0.4) is 0 Å². The van der Waals surface area contributed by atoms with Crippen molar-refractivity contribution in [2.45, 2.75) is 37.8 Å². The lowest BCUT2D eigenvalue weighted by molar-refractivity contribution is -0.0365. The SMILES string of the molecule is COc1ccc(CNC(=O)N2CCC23CCC3)cc1OC. The van der Waals surface area contributed by atoms with Crippen molar-refractivity contribution in [3.63, 3.8) is 0 Å². The van der Waals surface area contributed by atoms with Crippen molar-refractivity contribution in [1.82, 2.24) is 10.2 Å². The topological polar surface area (TPSA) is 50.8 Å². The van der Waals surface area contributed by atoms with Crippen LogP contribution in [-0.4, -0.2) is 37.2 Å². The second-order valence-corrected chi connectivity index (χ2v) is 5.83. The molecule has 0 bridgehead atoms. The van der Waals surface area contributed by atoms with Crippen molar-refractivity contribution < 1.29 is 14.3 Å². The van der Waals surface area contributed by atoms with Crippen molar-refractivity contribution in [2.75, 3.05) is 20.8 Å². The normalized spacial score (nSPS) is 18.7. The maximum absolute atomic E-state index is 12.2. The van der Waals surface area contributed by atoms with Crippen LogP contribution < -0.4 is 14.8 Å². The second-order valence-electron chi connectivity index (χ2n) is 5.83. The van der Waals surface area contributed by atoms with E-state index < -0.39 is 0 Å². The number of hydrogen-bond donors (Lipinski definition) is 1. The Morgan fingerprint density at radius 1 is 1.24 bits per heavy atom. The molecule has 21 heavy (non-hydrogen) atoms. The largest absolute Gasteiger partial charge is 0.493 e. The van der Waals surface area contributed by atoms with Crippen LogP contribution in [0.1, 0.15) is 31.2 Å². The van der Waals surface area contributed by atoms with Gasteiger partial charge in [-0.3, -0.25) is 0 Å². The zero-order valence-corrected chi connectivity index (χ0v) is 12.6. The fourth-order valence-electron chi connectivity index (χ4n) is 3.23. The monoisotopic (exact) mass is 290 g/mol. The Morgan fingerprint density at radius 3 is 2.52 bits per heavy atom. The Labute approximate surface area is 125 Å². The van der Waals surface area contributed by atoms with E-state index in [0.717, 1.165) is 31.4 Å². The van der Waals surface area contributed by atoms with E-state index in [9.17, 15) is 4.79 Å². The summed E-state index contributed by atoms with van der Waals surface area (Å²) < 4.78 is 10.5. The summed E-state index contributed by atoms with van der Waals surface area (Å²) in [4.78, 5) is 14.2. The van der Waals surface area contributed by atoms with Gasteiger partial charge in [-0.1, -0.05) is 6.07 Å². The van der Waals surface area contributed by atoms with Crippen LogP contribution in [0, 0.1) is 0 Å². The molecule has 1 aromatic rings. The number of hydrogen-bond acceptors (Lipinski definition) is 3. The molecule has 0 aromatic heterocycles. The maximum atomic E-state index is 12.2. The summed E-state index contributed by atoms with van der Waals surface area (Å²) in [6.07, 6.45) is 4.74. The van der Waals surface area contributed by atoms with E-state index >= 15 is 0 Å². The molecule has 1 aliphatic heterocycles. The van der Waals surface area contributed by atoms with Crippen LogP contribution in [0.5, 0.6) is 11.5 Å². The lowest BCUT2D eigenvalue weighted by Crippen LogP contribution is -2.67. The van der Waals surface area contributed by atoms with Gasteiger partial charge in [-0.15, -0.1) is 0 Å². The third-order valence-electron chi connectivity index (χ3n) is 4.79. The minimum Gasteiger partial charge on any atom is -0.493 e. The highest BCUT2D eigenvalue weighted by atomic mass is 16.5. The summed E-state index contributed by atoms with van der Waals surface area (Å²) in [5.41, 5.74) is 1.20. The summed E-state index contributed by atoms with van der Waals surface area (Å²) in [5, 5.41) is 3.00. The molecule has 2 aliphatic rings. The van der Waals surface area contributed by atoms with Gasteiger partial charge in [-0.2, -0.15) is 0 Å². The molecule has 1 aliphatic carbocycles. The molecule has 1 heterocycles. The molecular weight excluding hydrogens is 268 g/mol. The van der Waals surface area contributed by atoms with Crippen molar-refractivity contribution >= 4 is 6.03 Å². The van der Waals surface area contributed by atoms with Crippen molar-refractivity contribution in [2.24, 2.45) is 0 Å². The molecule has 0 unspecified atom stereocenters. The number of nitrogens with one attached hydrogen (secondary N) is 1. The van der Waals surface area contributed by atoms with Gasteiger partial charge < -0.3 is 19.7 Å². The highest BCUT2D eigenvalue weighted by molar-refractivity contribution is 5.76. The molecule has 1 saturated carbocycles. The lowest BCUT2D eigenvalue weighted by atomic mass is 9.68. The first-order valence-corrected chi connectivity index (χ1v) is 7.45. The molecule has 2 amide bonds. The van der Waals surface area contributed by atoms with Gasteiger partial charge in [0.25, 0.3) is 0 Å². The predicted octanol–water partition coefficient (Wildman–Crippen LogP) is 2.54. The fourth-order valence-corrected chi connectivity index (χ4v) is 3.23. The summed E-state index contributed by atoms with van der Waals surface area (Å²) in [5.74, 6) is 1.38. The van der Waals surface area contributed by atoms with Crippen molar-refractivity contribution in [3.8, 4) is 11.5 Å². The first-order chi connectivity index (χ1) is 10.2. The van der Waals surface area contributed by atoms with E-state index in [0.29, 0.717) is 18.0 Å². The molecule has 0 radical (unpaired) electrons. The number of nitrogens with zero attached hydrogens (tertiary/aromatic N) is 1. The summed E-state index contributed by atoms with van der Waals surface area (Å²) >= 11 is 0. The number of likely N-dealkylation sites (tertiary alicyclic amines) is 1. The van der Waals surface area contributed by atoms with Crippen LogP contribution in [0.25, 0.3) is 0 Å². The third kappa shape index (κ3) is 2.41. The van der Waals surface area contributed by atoms with Gasteiger partial charge in [0.15, 0.2) is 11.5 Å². The standard InChI is InChI=1S/C16H22N2O3/c1-20-13-5-4-12(10-14(13)21-2)11-17-15(19)18-9-8-16(18)6-3-7-16/h4-5,10H,3,6-9,11H2,1-2H3,(H,17,19). The van der Waals surface area contributed by atoms with E-state index in [2.05, 4.69) is 5.32 Å². The summed E-state index contributed by atoms with van der Waals surface area (Å²) in [7, 11) is 3.22. The van der Waals surface area contributed by atoms with Crippen LogP contribution in [0.2, 0.25) is 0 Å². The first-order valence-electron chi connectivity index (χ1n) is 7.45. The number of methoxy groups -OCH3 is 2.